The van der Waals surface area contributed by atoms with Gasteiger partial charge in [-0.05, 0) is 117 Å². The second-order valence-electron chi connectivity index (χ2n) is 21.6. The van der Waals surface area contributed by atoms with E-state index in [0.717, 1.165) is 33.9 Å². The molecular weight excluding hydrogens is 1060 g/mol. The van der Waals surface area contributed by atoms with Crippen LogP contribution in [0.3, 0.4) is 0 Å². The SMILES string of the molecule is Cc1cc(C)n2ccc(C(=O)Nc3ccc(-c4cn(CCOCCOCCC(=O)NCCC(C)(C)OCCC(C)(C)NC(=O)CCOCCOCCn5cc(-c6ccc(NC(=O)c7ccn8c(C)cc(C)nc78)cc6)nn5)nn4)cc3)c2n1. The third-order valence-electron chi connectivity index (χ3n) is 13.7. The minimum absolute atomic E-state index is 0.105. The lowest BCUT2D eigenvalue weighted by Crippen LogP contribution is -2.45. The second-order valence-corrected chi connectivity index (χ2v) is 21.6. The molecule has 0 atom stereocenters. The zero-order valence-electron chi connectivity index (χ0n) is 48.7. The van der Waals surface area contributed by atoms with Gasteiger partial charge < -0.3 is 53.8 Å². The summed E-state index contributed by atoms with van der Waals surface area (Å²) in [6, 6.07) is 22.3. The van der Waals surface area contributed by atoms with Gasteiger partial charge in [0.05, 0.1) is 95.1 Å². The number of amides is 4. The maximum absolute atomic E-state index is 13.1. The van der Waals surface area contributed by atoms with Crippen molar-refractivity contribution in [3.63, 3.8) is 0 Å². The van der Waals surface area contributed by atoms with Crippen LogP contribution >= 0.6 is 0 Å². The standard InChI is InChI=1S/C60H76N14O9/c1-41-37-43(3)73-24-17-49(55(73)62-41)57(77)64-47-13-9-45(10-14-47)51-39-71(69-67-51)26-31-81-35-33-79-28-19-53(75)61-23-21-60(7,8)83-30-22-59(5,6)66-54(76)20-29-80-34-36-82-32-27-72-40-52(68-70-72)46-11-15-48(16-12-46)65-58(78)50-18-25-74-44(4)38-42(2)63-56(50)74/h9-18,24-25,37-40H,19-23,26-36H2,1-8H3,(H,61,75)(H,64,77)(H,65,78)(H,66,76). The Morgan fingerprint density at radius 3 is 1.45 bits per heavy atom. The molecule has 0 radical (unpaired) electrons. The normalized spacial score (nSPS) is 11.9. The Balaban J connectivity index is 0.595. The Labute approximate surface area is 482 Å². The lowest BCUT2D eigenvalue weighted by atomic mass is 10.00. The van der Waals surface area contributed by atoms with E-state index < -0.39 is 11.1 Å². The van der Waals surface area contributed by atoms with Crippen LogP contribution in [0, 0.1) is 27.7 Å². The van der Waals surface area contributed by atoms with Crippen molar-refractivity contribution in [2.24, 2.45) is 0 Å². The molecule has 0 bridgehead atoms. The van der Waals surface area contributed by atoms with Gasteiger partial charge in [-0.1, -0.05) is 34.7 Å². The van der Waals surface area contributed by atoms with E-state index >= 15 is 0 Å². The van der Waals surface area contributed by atoms with Gasteiger partial charge in [0.15, 0.2) is 0 Å². The number of hydrogen-bond acceptors (Lipinski definition) is 15. The smallest absolute Gasteiger partial charge is 0.259 e. The van der Waals surface area contributed by atoms with Gasteiger partial charge in [0.25, 0.3) is 11.8 Å². The van der Waals surface area contributed by atoms with Gasteiger partial charge in [0, 0.05) is 89.2 Å². The van der Waals surface area contributed by atoms with Crippen molar-refractivity contribution in [3.8, 4) is 22.5 Å². The van der Waals surface area contributed by atoms with Crippen molar-refractivity contribution in [1.82, 2.24) is 59.4 Å². The molecule has 8 rings (SSSR count). The number of anilines is 2. The molecule has 440 valence electrons. The predicted molar refractivity (Wildman–Crippen MR) is 313 cm³/mol. The van der Waals surface area contributed by atoms with Gasteiger partial charge in [-0.15, -0.1) is 10.2 Å². The van der Waals surface area contributed by atoms with E-state index in [2.05, 4.69) is 51.9 Å². The molecule has 0 aliphatic carbocycles. The second kappa shape index (κ2) is 28.7. The van der Waals surface area contributed by atoms with E-state index in [1.54, 1.807) is 21.5 Å². The first kappa shape index (κ1) is 60.9. The van der Waals surface area contributed by atoms with E-state index in [0.29, 0.717) is 124 Å². The minimum Gasteiger partial charge on any atom is -0.379 e. The van der Waals surface area contributed by atoms with E-state index in [1.165, 1.54) is 0 Å². The van der Waals surface area contributed by atoms with Gasteiger partial charge in [0.2, 0.25) is 11.8 Å². The van der Waals surface area contributed by atoms with Crippen LogP contribution in [0.5, 0.6) is 0 Å². The Morgan fingerprint density at radius 1 is 0.530 bits per heavy atom. The zero-order chi connectivity index (χ0) is 58.9. The number of carbonyl (C=O) groups excluding carboxylic acids is 4. The van der Waals surface area contributed by atoms with Crippen LogP contribution in [0.1, 0.15) is 96.9 Å². The van der Waals surface area contributed by atoms with Crippen molar-refractivity contribution >= 4 is 46.3 Å². The summed E-state index contributed by atoms with van der Waals surface area (Å²) < 4.78 is 36.1. The maximum atomic E-state index is 13.1. The fourth-order valence-electron chi connectivity index (χ4n) is 9.11. The van der Waals surface area contributed by atoms with Gasteiger partial charge in [-0.3, -0.25) is 19.2 Å². The number of nitrogens with zero attached hydrogens (tertiary/aromatic N) is 10. The molecule has 0 aliphatic heterocycles. The summed E-state index contributed by atoms with van der Waals surface area (Å²) in [6.07, 6.45) is 9.04. The number of benzene rings is 2. The van der Waals surface area contributed by atoms with Crippen molar-refractivity contribution in [1.29, 1.82) is 0 Å². The van der Waals surface area contributed by atoms with Crippen molar-refractivity contribution in [3.05, 3.63) is 131 Å². The Bertz CT molecular complexity index is 3450. The molecule has 0 aliphatic rings. The fraction of sp³-hybridized carbons (Fsp3) is 0.433. The molecule has 83 heavy (non-hydrogen) atoms. The topological polar surface area (TPSA) is 259 Å². The highest BCUT2D eigenvalue weighted by molar-refractivity contribution is 6.09. The average molecular weight is 1140 g/mol. The molecule has 4 amide bonds. The van der Waals surface area contributed by atoms with Crippen molar-refractivity contribution in [2.75, 3.05) is 76.6 Å². The quantitative estimate of drug-likeness (QED) is 0.0300. The van der Waals surface area contributed by atoms with Crippen LogP contribution in [-0.2, 0) is 46.4 Å². The van der Waals surface area contributed by atoms with E-state index in [-0.39, 0.29) is 49.7 Å². The average Bonchev–Trinajstić information content (AvgIpc) is 4.40. The van der Waals surface area contributed by atoms with Gasteiger partial charge in [-0.2, -0.15) is 0 Å². The number of rotatable bonds is 32. The van der Waals surface area contributed by atoms with E-state index in [1.807, 2.05) is 150 Å². The lowest BCUT2D eigenvalue weighted by molar-refractivity contribution is -0.124. The van der Waals surface area contributed by atoms with Crippen LogP contribution in [0.25, 0.3) is 33.8 Å². The van der Waals surface area contributed by atoms with Crippen LogP contribution in [0.2, 0.25) is 0 Å². The first-order chi connectivity index (χ1) is 39.9. The number of fused-ring (bicyclic) bond motifs is 2. The van der Waals surface area contributed by atoms with Crippen LogP contribution in [-0.4, -0.2) is 150 Å². The number of aromatic nitrogens is 10. The highest BCUT2D eigenvalue weighted by Crippen LogP contribution is 2.24. The monoisotopic (exact) mass is 1140 g/mol. The molecule has 0 saturated heterocycles. The summed E-state index contributed by atoms with van der Waals surface area (Å²) in [7, 11) is 0. The Kier molecular flexibility index (Phi) is 21.0. The first-order valence-corrected chi connectivity index (χ1v) is 28.0. The molecule has 23 heteroatoms. The summed E-state index contributed by atoms with van der Waals surface area (Å²) in [5, 5.41) is 28.9. The third kappa shape index (κ3) is 17.9. The highest BCUT2D eigenvalue weighted by Gasteiger charge is 2.24. The molecule has 0 unspecified atom stereocenters. The van der Waals surface area contributed by atoms with Gasteiger partial charge in [0.1, 0.15) is 22.7 Å². The molecule has 0 fully saturated rings. The van der Waals surface area contributed by atoms with Crippen LogP contribution in [0.4, 0.5) is 11.4 Å². The number of hydrogen-bond donors (Lipinski definition) is 4. The summed E-state index contributed by atoms with van der Waals surface area (Å²) in [4.78, 5) is 60.5. The summed E-state index contributed by atoms with van der Waals surface area (Å²) in [5.41, 5.74) is 9.41. The van der Waals surface area contributed by atoms with Crippen LogP contribution < -0.4 is 21.3 Å². The largest absolute Gasteiger partial charge is 0.379 e. The number of aryl methyl sites for hydroxylation is 4. The summed E-state index contributed by atoms with van der Waals surface area (Å²) >= 11 is 0. The minimum atomic E-state index is -0.494. The first-order valence-electron chi connectivity index (χ1n) is 28.0. The van der Waals surface area contributed by atoms with Crippen LogP contribution in [0.15, 0.2) is 97.6 Å². The number of nitrogens with one attached hydrogen (secondary N) is 4. The van der Waals surface area contributed by atoms with E-state index in [9.17, 15) is 19.2 Å². The number of carbonyl (C=O) groups is 4. The molecule has 2 aromatic carbocycles. The summed E-state index contributed by atoms with van der Waals surface area (Å²) in [5.74, 6) is -0.681. The molecular formula is C60H76N14O9. The third-order valence-corrected chi connectivity index (χ3v) is 13.7. The maximum Gasteiger partial charge on any atom is 0.259 e. The van der Waals surface area contributed by atoms with Crippen molar-refractivity contribution < 1.29 is 42.9 Å². The molecule has 6 heterocycles. The molecule has 8 aromatic rings. The molecule has 6 aromatic heterocycles. The molecule has 23 nitrogen and oxygen atoms in total. The zero-order valence-corrected chi connectivity index (χ0v) is 48.7. The van der Waals surface area contributed by atoms with Gasteiger partial charge >= 0.3 is 0 Å². The number of ether oxygens (including phenoxy) is 5. The Hall–Kier alpha value is -8.22. The van der Waals surface area contributed by atoms with Crippen molar-refractivity contribution in [2.45, 2.75) is 105 Å². The predicted octanol–water partition coefficient (Wildman–Crippen LogP) is 7.37. The molecule has 0 saturated carbocycles. The highest BCUT2D eigenvalue weighted by atomic mass is 16.5. The molecule has 0 spiro atoms. The Morgan fingerprint density at radius 2 is 0.976 bits per heavy atom. The molecule has 4 N–H and O–H groups in total. The van der Waals surface area contributed by atoms with E-state index in [4.69, 9.17) is 23.7 Å². The lowest BCUT2D eigenvalue weighted by Gasteiger charge is -2.30. The summed E-state index contributed by atoms with van der Waals surface area (Å²) in [6.45, 7) is 20.3. The van der Waals surface area contributed by atoms with Gasteiger partial charge in [-0.25, -0.2) is 19.3 Å². The fourth-order valence-corrected chi connectivity index (χ4v) is 9.11.